The fraction of sp³-hybridized carbons (Fsp3) is 0.250. The molecule has 0 aromatic carbocycles. The number of allylic oxidation sites excluding steroid dienone is 5. The van der Waals surface area contributed by atoms with E-state index in [2.05, 4.69) is 25.3 Å². The lowest BCUT2D eigenvalue weighted by Crippen LogP contribution is -2.22. The number of aryl methyl sites for hydroxylation is 1. The van der Waals surface area contributed by atoms with E-state index in [4.69, 9.17) is 19.5 Å². The maximum atomic E-state index is 5.49. The van der Waals surface area contributed by atoms with Crippen LogP contribution in [0.1, 0.15) is 24.7 Å². The second kappa shape index (κ2) is 11.1. The molecule has 35 heavy (non-hydrogen) atoms. The third kappa shape index (κ3) is 5.88. The van der Waals surface area contributed by atoms with Crippen LogP contribution in [0.25, 0.3) is 0 Å². The normalized spacial score (nSPS) is 16.2. The van der Waals surface area contributed by atoms with E-state index in [1.165, 1.54) is 0 Å². The second-order valence-electron chi connectivity index (χ2n) is 7.55. The van der Waals surface area contributed by atoms with E-state index in [-0.39, 0.29) is 0 Å². The highest BCUT2D eigenvalue weighted by molar-refractivity contribution is 6.40. The van der Waals surface area contributed by atoms with Crippen LogP contribution in [0.15, 0.2) is 93.3 Å². The van der Waals surface area contributed by atoms with Crippen LogP contribution >= 0.6 is 0 Å². The van der Waals surface area contributed by atoms with Gasteiger partial charge in [-0.15, -0.1) is 0 Å². The summed E-state index contributed by atoms with van der Waals surface area (Å²) in [7, 11) is 5.08. The Morgan fingerprint density at radius 3 is 2.83 bits per heavy atom. The molecule has 2 bridgehead atoms. The number of nitrogens with one attached hydrogen (secondary N) is 1. The van der Waals surface area contributed by atoms with E-state index in [0.29, 0.717) is 41.9 Å². The van der Waals surface area contributed by atoms with Gasteiger partial charge in [0.05, 0.1) is 51.6 Å². The monoisotopic (exact) mass is 473 g/mol. The fourth-order valence-electron chi connectivity index (χ4n) is 3.43. The molecule has 2 aromatic heterocycles. The molecule has 4 rings (SSSR count). The average molecular weight is 474 g/mol. The van der Waals surface area contributed by atoms with Crippen LogP contribution in [0.3, 0.4) is 0 Å². The predicted octanol–water partition coefficient (Wildman–Crippen LogP) is 3.04. The molecule has 0 fully saturated rings. The number of nitrogens with zero attached hydrogens (tertiary/aromatic N) is 8. The van der Waals surface area contributed by atoms with Crippen molar-refractivity contribution in [3.63, 3.8) is 0 Å². The lowest BCUT2D eigenvalue weighted by atomic mass is 10.2. The summed E-state index contributed by atoms with van der Waals surface area (Å²) in [5, 5.41) is 11.2. The van der Waals surface area contributed by atoms with Gasteiger partial charge in [0.15, 0.2) is 5.82 Å². The van der Waals surface area contributed by atoms with Crippen LogP contribution in [-0.4, -0.2) is 61.8 Å². The van der Waals surface area contributed by atoms with Crippen LogP contribution in [-0.2, 0) is 23.1 Å². The Balaban J connectivity index is 1.80. The van der Waals surface area contributed by atoms with Crippen molar-refractivity contribution in [3.05, 3.63) is 89.7 Å². The quantitative estimate of drug-likeness (QED) is 0.442. The first-order chi connectivity index (χ1) is 17.1. The van der Waals surface area contributed by atoms with Crippen molar-refractivity contribution < 1.29 is 9.47 Å². The second-order valence-corrected chi connectivity index (χ2v) is 7.55. The van der Waals surface area contributed by atoms with E-state index in [1.54, 1.807) is 43.9 Å². The number of hydrogen-bond acceptors (Lipinski definition) is 9. The summed E-state index contributed by atoms with van der Waals surface area (Å²) in [6.07, 6.45) is 18.5. The molecule has 1 N–H and O–H groups in total. The van der Waals surface area contributed by atoms with E-state index in [1.807, 2.05) is 55.4 Å². The topological polar surface area (TPSA) is 118 Å². The van der Waals surface area contributed by atoms with Crippen molar-refractivity contribution in [2.45, 2.75) is 19.9 Å². The van der Waals surface area contributed by atoms with Gasteiger partial charge in [0.25, 0.3) is 0 Å². The van der Waals surface area contributed by atoms with Gasteiger partial charge in [0, 0.05) is 36.3 Å². The van der Waals surface area contributed by atoms with Crippen molar-refractivity contribution in [1.29, 1.82) is 0 Å². The lowest BCUT2D eigenvalue weighted by Gasteiger charge is -2.25. The summed E-state index contributed by atoms with van der Waals surface area (Å²) in [6.45, 7) is 2.25. The first-order valence-corrected chi connectivity index (χ1v) is 10.9. The zero-order valence-electron chi connectivity index (χ0n) is 20.1. The van der Waals surface area contributed by atoms with Crippen molar-refractivity contribution in [2.75, 3.05) is 14.2 Å². The molecule has 2 aliphatic rings. The molecule has 0 spiro atoms. The number of methoxy groups -OCH3 is 2. The molecule has 11 nitrogen and oxygen atoms in total. The smallest absolute Gasteiger partial charge is 0.170 e. The van der Waals surface area contributed by atoms with Gasteiger partial charge in [-0.2, -0.15) is 10.2 Å². The zero-order chi connectivity index (χ0) is 24.6. The Kier molecular flexibility index (Phi) is 7.46. The maximum absolute atomic E-state index is 5.49. The van der Waals surface area contributed by atoms with Crippen LogP contribution in [0.2, 0.25) is 0 Å². The summed E-state index contributed by atoms with van der Waals surface area (Å²) < 4.78 is 12.4. The Bertz CT molecular complexity index is 1290. The molecule has 0 saturated heterocycles. The average Bonchev–Trinajstić information content (AvgIpc) is 3.44. The number of aromatic amines is 1. The van der Waals surface area contributed by atoms with E-state index in [0.717, 1.165) is 17.0 Å². The SMILES string of the molecule is C\C=C(/C=C(\C=C\OC)N(Cc1nc[nH]n1)C1=CC=C2CC(=N1)N=C(c1cnn(C)c1)C=N2)OC. The van der Waals surface area contributed by atoms with Gasteiger partial charge in [-0.25, -0.2) is 15.0 Å². The number of fused-ring (bicyclic) bond motifs is 2. The minimum Gasteiger partial charge on any atom is -0.504 e. The summed E-state index contributed by atoms with van der Waals surface area (Å²) in [5.74, 6) is 2.55. The van der Waals surface area contributed by atoms with Crippen LogP contribution in [0.5, 0.6) is 0 Å². The van der Waals surface area contributed by atoms with Gasteiger partial charge in [-0.05, 0) is 31.2 Å². The predicted molar refractivity (Wildman–Crippen MR) is 133 cm³/mol. The van der Waals surface area contributed by atoms with Crippen LogP contribution in [0.4, 0.5) is 0 Å². The first kappa shape index (κ1) is 23.6. The maximum Gasteiger partial charge on any atom is 0.170 e. The minimum absolute atomic E-state index is 0.346. The molecule has 0 amide bonds. The summed E-state index contributed by atoms with van der Waals surface area (Å²) in [4.78, 5) is 20.6. The number of ether oxygens (including phenoxy) is 2. The van der Waals surface area contributed by atoms with Gasteiger partial charge in [-0.1, -0.05) is 0 Å². The molecule has 0 atom stereocenters. The van der Waals surface area contributed by atoms with Crippen molar-refractivity contribution >= 4 is 17.8 Å². The lowest BCUT2D eigenvalue weighted by molar-refractivity contribution is 0.302. The highest BCUT2D eigenvalue weighted by Gasteiger charge is 2.20. The zero-order valence-corrected chi connectivity index (χ0v) is 20.1. The number of H-pyrrole nitrogens is 1. The van der Waals surface area contributed by atoms with Gasteiger partial charge >= 0.3 is 0 Å². The van der Waals surface area contributed by atoms with Crippen LogP contribution < -0.4 is 0 Å². The Morgan fingerprint density at radius 2 is 2.14 bits per heavy atom. The van der Waals surface area contributed by atoms with E-state index in [9.17, 15) is 0 Å². The Morgan fingerprint density at radius 1 is 1.26 bits per heavy atom. The van der Waals surface area contributed by atoms with Gasteiger partial charge < -0.3 is 14.4 Å². The van der Waals surface area contributed by atoms with Crippen molar-refractivity contribution in [1.82, 2.24) is 29.9 Å². The molecule has 0 saturated carbocycles. The van der Waals surface area contributed by atoms with Crippen molar-refractivity contribution in [3.8, 4) is 0 Å². The molecule has 2 aromatic rings. The molecule has 11 heteroatoms. The van der Waals surface area contributed by atoms with Crippen molar-refractivity contribution in [2.24, 2.45) is 22.0 Å². The largest absolute Gasteiger partial charge is 0.504 e. The first-order valence-electron chi connectivity index (χ1n) is 10.9. The molecule has 2 aliphatic heterocycles. The number of rotatable bonds is 9. The number of hydrogen-bond donors (Lipinski definition) is 1. The highest BCUT2D eigenvalue weighted by atomic mass is 16.5. The summed E-state index contributed by atoms with van der Waals surface area (Å²) in [5.41, 5.74) is 3.18. The molecular weight excluding hydrogens is 446 g/mol. The standard InChI is InChI=1S/C24H27N9O2/c1-5-20(35-4)11-19(8-9-34-3)33(15-23-26-16-27-31-23)24-7-6-18-10-22(30-24)29-21(13-25-18)17-12-28-32(2)14-17/h5-9,11-14,16H,10,15H2,1-4H3,(H,26,27,31)/b9-8+,19-11+,20-5+. The van der Waals surface area contributed by atoms with E-state index >= 15 is 0 Å². The molecule has 0 aliphatic carbocycles. The fourth-order valence-corrected chi connectivity index (χ4v) is 3.43. The molecule has 180 valence electrons. The molecular formula is C24H27N9O2. The summed E-state index contributed by atoms with van der Waals surface area (Å²) >= 11 is 0. The van der Waals surface area contributed by atoms with Gasteiger partial charge in [0.1, 0.15) is 23.7 Å². The van der Waals surface area contributed by atoms with E-state index < -0.39 is 0 Å². The third-order valence-corrected chi connectivity index (χ3v) is 5.15. The summed E-state index contributed by atoms with van der Waals surface area (Å²) in [6, 6.07) is 0. The van der Waals surface area contributed by atoms with Gasteiger partial charge in [0.2, 0.25) is 0 Å². The van der Waals surface area contributed by atoms with Crippen LogP contribution in [0, 0.1) is 0 Å². The number of aromatic nitrogens is 5. The molecule has 0 radical (unpaired) electrons. The Hall–Kier alpha value is -4.54. The number of amidine groups is 1. The molecule has 4 heterocycles. The Labute approximate surface area is 203 Å². The number of aliphatic imine (C=N–C) groups is 3. The van der Waals surface area contributed by atoms with Gasteiger partial charge in [-0.3, -0.25) is 14.8 Å². The third-order valence-electron chi connectivity index (χ3n) is 5.15. The molecule has 0 unspecified atom stereocenters. The highest BCUT2D eigenvalue weighted by Crippen LogP contribution is 2.25. The minimum atomic E-state index is 0.346.